The van der Waals surface area contributed by atoms with Crippen LogP contribution in [0.1, 0.15) is 23.0 Å². The van der Waals surface area contributed by atoms with Gasteiger partial charge in [0, 0.05) is 24.3 Å². The van der Waals surface area contributed by atoms with Gasteiger partial charge in [0.1, 0.15) is 5.82 Å². The molecule has 1 heterocycles. The van der Waals surface area contributed by atoms with Gasteiger partial charge < -0.3 is 15.3 Å². The van der Waals surface area contributed by atoms with Crippen LogP contribution in [0.25, 0.3) is 0 Å². The number of hydrogen-bond acceptors (Lipinski definition) is 4. The van der Waals surface area contributed by atoms with E-state index in [1.165, 1.54) is 6.07 Å². The fourth-order valence-corrected chi connectivity index (χ4v) is 1.81. The molecular formula is C13H19F2N3O2. The van der Waals surface area contributed by atoms with E-state index in [-0.39, 0.29) is 18.7 Å². The monoisotopic (exact) mass is 287 g/mol. The molecule has 1 aromatic rings. The predicted molar refractivity (Wildman–Crippen MR) is 72.1 cm³/mol. The van der Waals surface area contributed by atoms with Gasteiger partial charge in [0.05, 0.1) is 13.2 Å². The van der Waals surface area contributed by atoms with Gasteiger partial charge in [-0.1, -0.05) is 0 Å². The van der Waals surface area contributed by atoms with Gasteiger partial charge in [-0.25, -0.2) is 13.8 Å². The maximum Gasteiger partial charge on any atom is 0.255 e. The van der Waals surface area contributed by atoms with E-state index in [9.17, 15) is 13.6 Å². The molecule has 7 heteroatoms. The lowest BCUT2D eigenvalue weighted by molar-refractivity contribution is 0.0509. The fourth-order valence-electron chi connectivity index (χ4n) is 1.81. The first-order valence-electron chi connectivity index (χ1n) is 6.38. The van der Waals surface area contributed by atoms with Crippen LogP contribution in [0.5, 0.6) is 0 Å². The highest BCUT2D eigenvalue weighted by Gasteiger charge is 2.20. The average molecular weight is 287 g/mol. The number of pyridine rings is 1. The third-order valence-electron chi connectivity index (χ3n) is 2.57. The summed E-state index contributed by atoms with van der Waals surface area (Å²) in [4.78, 5) is 17.3. The number of aryl methyl sites for hydroxylation is 1. The number of aliphatic hydroxyl groups is 1. The highest BCUT2D eigenvalue weighted by molar-refractivity contribution is 5.95. The van der Waals surface area contributed by atoms with Crippen LogP contribution in [0.3, 0.4) is 0 Å². The molecule has 2 N–H and O–H groups in total. The number of carbonyl (C=O) groups is 1. The first kappa shape index (κ1) is 16.3. The van der Waals surface area contributed by atoms with Crippen LogP contribution in [-0.2, 0) is 0 Å². The van der Waals surface area contributed by atoms with E-state index in [0.29, 0.717) is 18.1 Å². The number of alkyl halides is 2. The van der Waals surface area contributed by atoms with Gasteiger partial charge in [-0.3, -0.25) is 4.79 Å². The number of carbonyl (C=O) groups excluding carboxylic acids is 1. The number of hydrogen-bond donors (Lipinski definition) is 2. The minimum Gasteiger partial charge on any atom is -0.395 e. The van der Waals surface area contributed by atoms with Crippen molar-refractivity contribution < 1.29 is 18.7 Å². The van der Waals surface area contributed by atoms with E-state index < -0.39 is 18.9 Å². The van der Waals surface area contributed by atoms with Gasteiger partial charge in [0.15, 0.2) is 0 Å². The second kappa shape index (κ2) is 7.74. The summed E-state index contributed by atoms with van der Waals surface area (Å²) in [5.41, 5.74) is 0.898. The van der Waals surface area contributed by atoms with Crippen LogP contribution in [0.4, 0.5) is 14.6 Å². The molecule has 1 rings (SSSR count). The van der Waals surface area contributed by atoms with Crippen molar-refractivity contribution in [1.82, 2.24) is 9.88 Å². The lowest BCUT2D eigenvalue weighted by atomic mass is 10.2. The number of aromatic nitrogens is 1. The first-order valence-corrected chi connectivity index (χ1v) is 6.38. The molecule has 0 atom stereocenters. The van der Waals surface area contributed by atoms with Crippen LogP contribution in [0, 0.1) is 6.92 Å². The Morgan fingerprint density at radius 3 is 2.75 bits per heavy atom. The molecular weight excluding hydrogens is 268 g/mol. The van der Waals surface area contributed by atoms with Gasteiger partial charge in [-0.2, -0.15) is 0 Å². The van der Waals surface area contributed by atoms with E-state index in [1.54, 1.807) is 13.0 Å². The van der Waals surface area contributed by atoms with Gasteiger partial charge >= 0.3 is 0 Å². The minimum atomic E-state index is -2.64. The van der Waals surface area contributed by atoms with Crippen molar-refractivity contribution in [3.8, 4) is 0 Å². The molecule has 0 aromatic carbocycles. The highest BCUT2D eigenvalue weighted by Crippen LogP contribution is 2.13. The molecule has 0 spiro atoms. The molecule has 0 aliphatic carbocycles. The minimum absolute atomic E-state index is 0.124. The maximum atomic E-state index is 12.5. The number of nitrogens with zero attached hydrogens (tertiary/aromatic N) is 2. The molecule has 0 aliphatic rings. The summed E-state index contributed by atoms with van der Waals surface area (Å²) in [7, 11) is 0. The molecule has 1 amide bonds. The Morgan fingerprint density at radius 1 is 1.50 bits per heavy atom. The Hall–Kier alpha value is -1.76. The molecule has 5 nitrogen and oxygen atoms in total. The van der Waals surface area contributed by atoms with Crippen molar-refractivity contribution in [1.29, 1.82) is 0 Å². The third kappa shape index (κ3) is 4.73. The van der Waals surface area contributed by atoms with Gasteiger partial charge in [0.25, 0.3) is 12.3 Å². The van der Waals surface area contributed by atoms with E-state index in [0.717, 1.165) is 4.90 Å². The average Bonchev–Trinajstić information content (AvgIpc) is 2.36. The summed E-state index contributed by atoms with van der Waals surface area (Å²) in [5.74, 6) is -0.0131. The molecule has 0 unspecified atom stereocenters. The van der Waals surface area contributed by atoms with E-state index in [4.69, 9.17) is 5.11 Å². The Bertz CT molecular complexity index is 455. The molecule has 112 valence electrons. The van der Waals surface area contributed by atoms with Crippen molar-refractivity contribution in [2.24, 2.45) is 0 Å². The summed E-state index contributed by atoms with van der Waals surface area (Å²) in [6.07, 6.45) is -2.64. The van der Waals surface area contributed by atoms with Crippen molar-refractivity contribution in [3.05, 3.63) is 23.4 Å². The topological polar surface area (TPSA) is 65.5 Å². The van der Waals surface area contributed by atoms with Crippen molar-refractivity contribution in [2.75, 3.05) is 31.6 Å². The highest BCUT2D eigenvalue weighted by atomic mass is 19.3. The van der Waals surface area contributed by atoms with Crippen molar-refractivity contribution in [2.45, 2.75) is 20.3 Å². The lowest BCUT2D eigenvalue weighted by Gasteiger charge is -2.21. The molecule has 0 aliphatic heterocycles. The zero-order chi connectivity index (χ0) is 15.1. The lowest BCUT2D eigenvalue weighted by Crippen LogP contribution is -2.37. The summed E-state index contributed by atoms with van der Waals surface area (Å²) in [6, 6.07) is 3.06. The fraction of sp³-hybridized carbons (Fsp3) is 0.538. The quantitative estimate of drug-likeness (QED) is 0.798. The molecule has 0 fully saturated rings. The normalized spacial score (nSPS) is 10.7. The largest absolute Gasteiger partial charge is 0.395 e. The van der Waals surface area contributed by atoms with E-state index >= 15 is 0 Å². The van der Waals surface area contributed by atoms with E-state index in [1.807, 2.05) is 6.92 Å². The molecule has 0 bridgehead atoms. The van der Waals surface area contributed by atoms with Gasteiger partial charge in [0.2, 0.25) is 0 Å². The van der Waals surface area contributed by atoms with Crippen LogP contribution in [-0.4, -0.2) is 53.6 Å². The number of nitrogens with one attached hydrogen (secondary N) is 1. The van der Waals surface area contributed by atoms with Crippen LogP contribution in [0.15, 0.2) is 12.1 Å². The Balaban J connectivity index is 2.98. The number of rotatable bonds is 7. The second-order valence-electron chi connectivity index (χ2n) is 4.28. The Morgan fingerprint density at radius 2 is 2.20 bits per heavy atom. The summed E-state index contributed by atoms with van der Waals surface area (Å²) >= 11 is 0. The number of aliphatic hydroxyl groups excluding tert-OH is 1. The number of anilines is 1. The van der Waals surface area contributed by atoms with Crippen LogP contribution < -0.4 is 5.32 Å². The number of amides is 1. The molecule has 0 saturated heterocycles. The number of halogens is 2. The van der Waals surface area contributed by atoms with Gasteiger partial charge in [-0.05, 0) is 26.0 Å². The summed E-state index contributed by atoms with van der Waals surface area (Å²) in [6.45, 7) is 3.07. The zero-order valence-electron chi connectivity index (χ0n) is 11.6. The van der Waals surface area contributed by atoms with Crippen LogP contribution >= 0.6 is 0 Å². The Labute approximate surface area is 116 Å². The summed E-state index contributed by atoms with van der Waals surface area (Å²) in [5, 5.41) is 11.9. The molecule has 20 heavy (non-hydrogen) atoms. The van der Waals surface area contributed by atoms with Crippen molar-refractivity contribution in [3.63, 3.8) is 0 Å². The molecule has 0 radical (unpaired) electrons. The predicted octanol–water partition coefficient (Wildman–Crippen LogP) is 1.52. The van der Waals surface area contributed by atoms with Crippen LogP contribution in [0.2, 0.25) is 0 Å². The third-order valence-corrected chi connectivity index (χ3v) is 2.57. The Kier molecular flexibility index (Phi) is 6.30. The van der Waals surface area contributed by atoms with Gasteiger partial charge in [-0.15, -0.1) is 0 Å². The molecule has 0 saturated carbocycles. The molecule has 1 aromatic heterocycles. The SMILES string of the molecule is CCNc1cc(C(=O)N(CCO)CC(F)F)cc(C)n1. The van der Waals surface area contributed by atoms with Crippen molar-refractivity contribution >= 4 is 11.7 Å². The zero-order valence-corrected chi connectivity index (χ0v) is 11.6. The first-order chi connectivity index (χ1) is 9.47. The summed E-state index contributed by atoms with van der Waals surface area (Å²) < 4.78 is 24.9. The maximum absolute atomic E-state index is 12.5. The van der Waals surface area contributed by atoms with E-state index in [2.05, 4.69) is 10.3 Å². The smallest absolute Gasteiger partial charge is 0.255 e. The second-order valence-corrected chi connectivity index (χ2v) is 4.28. The standard InChI is InChI=1S/C13H19F2N3O2/c1-3-16-12-7-10(6-9(2)17-12)13(20)18(4-5-19)8-11(14)15/h6-7,11,19H,3-5,8H2,1-2H3,(H,16,17).